The van der Waals surface area contributed by atoms with E-state index in [1.54, 1.807) is 12.0 Å². The number of thioether (sulfide) groups is 1. The van der Waals surface area contributed by atoms with E-state index in [4.69, 9.17) is 14.6 Å². The van der Waals surface area contributed by atoms with Crippen LogP contribution in [0.3, 0.4) is 0 Å². The number of carboxylic acid groups (broad SMARTS) is 1. The number of aliphatic carboxylic acids is 1. The Morgan fingerprint density at radius 2 is 2.33 bits per heavy atom. The number of amides is 1. The van der Waals surface area contributed by atoms with Crippen molar-refractivity contribution in [3.05, 3.63) is 0 Å². The van der Waals surface area contributed by atoms with E-state index in [1.165, 1.54) is 11.8 Å². The second-order valence-electron chi connectivity index (χ2n) is 3.98. The predicted octanol–water partition coefficient (Wildman–Crippen LogP) is 0.0681. The van der Waals surface area contributed by atoms with Crippen LogP contribution in [0.5, 0.6) is 0 Å². The molecule has 0 aromatic heterocycles. The van der Waals surface area contributed by atoms with Crippen molar-refractivity contribution in [1.29, 1.82) is 0 Å². The molecule has 0 radical (unpaired) electrons. The number of hydrogen-bond acceptors (Lipinski definition) is 5. The standard InChI is InChI=1S/C11H19NO5S/c1-16-4-5-18-8-10(13)12-2-3-17-9(7-12)6-11(14)15/h9H,2-8H2,1H3,(H,14,15). The van der Waals surface area contributed by atoms with Gasteiger partial charge in [0.2, 0.25) is 5.91 Å². The zero-order valence-corrected chi connectivity index (χ0v) is 11.3. The van der Waals surface area contributed by atoms with Crippen molar-refractivity contribution in [1.82, 2.24) is 4.90 Å². The van der Waals surface area contributed by atoms with Gasteiger partial charge in [0, 0.05) is 26.0 Å². The maximum Gasteiger partial charge on any atom is 0.306 e. The minimum atomic E-state index is -0.899. The third-order valence-electron chi connectivity index (χ3n) is 2.55. The highest BCUT2D eigenvalue weighted by Gasteiger charge is 2.25. The highest BCUT2D eigenvalue weighted by atomic mass is 32.2. The third-order valence-corrected chi connectivity index (χ3v) is 3.46. The van der Waals surface area contributed by atoms with E-state index in [2.05, 4.69) is 0 Å². The fourth-order valence-electron chi connectivity index (χ4n) is 1.66. The summed E-state index contributed by atoms with van der Waals surface area (Å²) < 4.78 is 10.2. The normalized spacial score (nSPS) is 19.8. The number of morpholine rings is 1. The molecule has 1 aliphatic heterocycles. The SMILES string of the molecule is COCCSCC(=O)N1CCOC(CC(=O)O)C1. The van der Waals surface area contributed by atoms with Crippen molar-refractivity contribution in [3.63, 3.8) is 0 Å². The van der Waals surface area contributed by atoms with Crippen molar-refractivity contribution in [2.45, 2.75) is 12.5 Å². The van der Waals surface area contributed by atoms with Gasteiger partial charge in [-0.15, -0.1) is 11.8 Å². The van der Waals surface area contributed by atoms with Crippen molar-refractivity contribution < 1.29 is 24.2 Å². The molecule has 0 aliphatic carbocycles. The van der Waals surface area contributed by atoms with Crippen molar-refractivity contribution in [2.75, 3.05) is 44.9 Å². The van der Waals surface area contributed by atoms with E-state index in [0.717, 1.165) is 5.75 Å². The lowest BCUT2D eigenvalue weighted by Crippen LogP contribution is -2.47. The number of carbonyl (C=O) groups is 2. The van der Waals surface area contributed by atoms with Crippen LogP contribution < -0.4 is 0 Å². The summed E-state index contributed by atoms with van der Waals surface area (Å²) in [6, 6.07) is 0. The topological polar surface area (TPSA) is 76.1 Å². The van der Waals surface area contributed by atoms with Gasteiger partial charge in [-0.2, -0.15) is 0 Å². The van der Waals surface area contributed by atoms with Gasteiger partial charge >= 0.3 is 5.97 Å². The summed E-state index contributed by atoms with van der Waals surface area (Å²) in [6.45, 7) is 1.95. The van der Waals surface area contributed by atoms with Crippen LogP contribution in [0.1, 0.15) is 6.42 Å². The van der Waals surface area contributed by atoms with E-state index in [9.17, 15) is 9.59 Å². The van der Waals surface area contributed by atoms with Crippen molar-refractivity contribution in [2.24, 2.45) is 0 Å². The van der Waals surface area contributed by atoms with Gasteiger partial charge in [0.25, 0.3) is 0 Å². The Morgan fingerprint density at radius 3 is 3.00 bits per heavy atom. The number of hydrogen-bond donors (Lipinski definition) is 1. The lowest BCUT2D eigenvalue weighted by atomic mass is 10.2. The highest BCUT2D eigenvalue weighted by molar-refractivity contribution is 7.99. The van der Waals surface area contributed by atoms with Crippen molar-refractivity contribution in [3.8, 4) is 0 Å². The van der Waals surface area contributed by atoms with Crippen LogP contribution in [0.4, 0.5) is 0 Å². The van der Waals surface area contributed by atoms with Crippen LogP contribution >= 0.6 is 11.8 Å². The molecule has 1 rings (SSSR count). The highest BCUT2D eigenvalue weighted by Crippen LogP contribution is 2.11. The first-order chi connectivity index (χ1) is 8.63. The average Bonchev–Trinajstić information content (AvgIpc) is 2.34. The summed E-state index contributed by atoms with van der Waals surface area (Å²) >= 11 is 1.52. The molecular weight excluding hydrogens is 258 g/mol. The first kappa shape index (κ1) is 15.3. The molecule has 0 aromatic carbocycles. The lowest BCUT2D eigenvalue weighted by Gasteiger charge is -2.32. The second kappa shape index (κ2) is 8.34. The van der Waals surface area contributed by atoms with Gasteiger partial charge in [-0.1, -0.05) is 0 Å². The lowest BCUT2D eigenvalue weighted by molar-refractivity contribution is -0.146. The number of carbonyl (C=O) groups excluding carboxylic acids is 1. The molecule has 1 amide bonds. The molecule has 1 N–H and O–H groups in total. The predicted molar refractivity (Wildman–Crippen MR) is 67.8 cm³/mol. The van der Waals surface area contributed by atoms with E-state index < -0.39 is 5.97 Å². The largest absolute Gasteiger partial charge is 0.481 e. The average molecular weight is 277 g/mol. The molecule has 6 nitrogen and oxygen atoms in total. The van der Waals surface area contributed by atoms with Crippen LogP contribution in [-0.2, 0) is 19.1 Å². The summed E-state index contributed by atoms with van der Waals surface area (Å²) in [5.74, 6) is 0.326. The van der Waals surface area contributed by atoms with E-state index in [-0.39, 0.29) is 18.4 Å². The molecule has 1 atom stereocenters. The Bertz CT molecular complexity index is 287. The van der Waals surface area contributed by atoms with Crippen LogP contribution in [0, 0.1) is 0 Å². The molecule has 18 heavy (non-hydrogen) atoms. The van der Waals surface area contributed by atoms with E-state index >= 15 is 0 Å². The maximum atomic E-state index is 11.9. The molecule has 1 fully saturated rings. The number of methoxy groups -OCH3 is 1. The molecule has 7 heteroatoms. The van der Waals surface area contributed by atoms with Gasteiger partial charge in [-0.25, -0.2) is 0 Å². The quantitative estimate of drug-likeness (QED) is 0.664. The smallest absolute Gasteiger partial charge is 0.306 e. The molecule has 0 saturated carbocycles. The Hall–Kier alpha value is -0.790. The first-order valence-corrected chi connectivity index (χ1v) is 6.96. The molecular formula is C11H19NO5S. The zero-order valence-electron chi connectivity index (χ0n) is 10.5. The van der Waals surface area contributed by atoms with Crippen LogP contribution in [-0.4, -0.2) is 72.9 Å². The summed E-state index contributed by atoms with van der Waals surface area (Å²) in [4.78, 5) is 24.1. The number of carboxylic acids is 1. The van der Waals surface area contributed by atoms with Crippen molar-refractivity contribution >= 4 is 23.6 Å². The van der Waals surface area contributed by atoms with Gasteiger partial charge in [0.1, 0.15) is 0 Å². The molecule has 1 heterocycles. The minimum Gasteiger partial charge on any atom is -0.481 e. The Morgan fingerprint density at radius 1 is 1.56 bits per heavy atom. The maximum absolute atomic E-state index is 11.9. The summed E-state index contributed by atoms with van der Waals surface area (Å²) in [7, 11) is 1.63. The Labute approximate surface area is 111 Å². The van der Waals surface area contributed by atoms with Crippen LogP contribution in [0.25, 0.3) is 0 Å². The molecule has 1 aliphatic rings. The number of rotatable bonds is 7. The van der Waals surface area contributed by atoms with Crippen LogP contribution in [0.2, 0.25) is 0 Å². The van der Waals surface area contributed by atoms with Gasteiger partial charge in [0.05, 0.1) is 31.5 Å². The number of nitrogens with zero attached hydrogens (tertiary/aromatic N) is 1. The minimum absolute atomic E-state index is 0.0368. The Balaban J connectivity index is 2.27. The fraction of sp³-hybridized carbons (Fsp3) is 0.818. The summed E-state index contributed by atoms with van der Waals surface area (Å²) in [5.41, 5.74) is 0. The van der Waals surface area contributed by atoms with Gasteiger partial charge in [-0.05, 0) is 0 Å². The zero-order chi connectivity index (χ0) is 13.4. The van der Waals surface area contributed by atoms with E-state index in [0.29, 0.717) is 32.1 Å². The third kappa shape index (κ3) is 5.70. The summed E-state index contributed by atoms with van der Waals surface area (Å²) in [5, 5.41) is 8.69. The first-order valence-electron chi connectivity index (χ1n) is 5.81. The van der Waals surface area contributed by atoms with E-state index in [1.807, 2.05) is 0 Å². The molecule has 0 spiro atoms. The molecule has 1 unspecified atom stereocenters. The fourth-order valence-corrected chi connectivity index (χ4v) is 2.44. The number of ether oxygens (including phenoxy) is 2. The molecule has 0 bridgehead atoms. The summed E-state index contributed by atoms with van der Waals surface area (Å²) in [6.07, 6.45) is -0.440. The molecule has 104 valence electrons. The molecule has 0 aromatic rings. The van der Waals surface area contributed by atoms with Gasteiger partial charge < -0.3 is 19.5 Å². The monoisotopic (exact) mass is 277 g/mol. The molecule has 1 saturated heterocycles. The van der Waals surface area contributed by atoms with Crippen LogP contribution in [0.15, 0.2) is 0 Å². The van der Waals surface area contributed by atoms with Gasteiger partial charge in [0.15, 0.2) is 0 Å². The van der Waals surface area contributed by atoms with Gasteiger partial charge in [-0.3, -0.25) is 9.59 Å². The second-order valence-corrected chi connectivity index (χ2v) is 5.08. The Kier molecular flexibility index (Phi) is 7.07.